The molecular weight excluding hydrogens is 294 g/mol. The van der Waals surface area contributed by atoms with E-state index in [-0.39, 0.29) is 18.0 Å². The summed E-state index contributed by atoms with van der Waals surface area (Å²) in [6, 6.07) is 0.928. The zero-order valence-corrected chi connectivity index (χ0v) is 14.9. The van der Waals surface area contributed by atoms with Crippen LogP contribution >= 0.6 is 0 Å². The molecule has 3 atom stereocenters. The summed E-state index contributed by atoms with van der Waals surface area (Å²) in [5.74, 6) is 0.233. The van der Waals surface area contributed by atoms with Gasteiger partial charge in [0.1, 0.15) is 5.60 Å². The summed E-state index contributed by atoms with van der Waals surface area (Å²) in [7, 11) is 1.86. The summed E-state index contributed by atoms with van der Waals surface area (Å²) in [5, 5.41) is 6.67. The topological polar surface area (TPSA) is 70.7 Å². The fraction of sp³-hybridized carbons (Fsp3) is 0.882. The number of nitrogens with zero attached hydrogens (tertiary/aromatic N) is 1. The van der Waals surface area contributed by atoms with Crippen molar-refractivity contribution in [3.8, 4) is 0 Å². The summed E-state index contributed by atoms with van der Waals surface area (Å²) >= 11 is 0. The minimum atomic E-state index is -0.463. The van der Waals surface area contributed by atoms with Crippen LogP contribution in [0.1, 0.15) is 59.3 Å². The predicted molar refractivity (Wildman–Crippen MR) is 89.2 cm³/mol. The highest BCUT2D eigenvalue weighted by molar-refractivity contribution is 5.76. The van der Waals surface area contributed by atoms with Crippen LogP contribution < -0.4 is 10.6 Å². The van der Waals surface area contributed by atoms with Gasteiger partial charge in [0.2, 0.25) is 5.91 Å². The summed E-state index contributed by atoms with van der Waals surface area (Å²) < 4.78 is 5.34. The molecule has 1 saturated heterocycles. The summed E-state index contributed by atoms with van der Waals surface area (Å²) in [6.45, 7) is 6.40. The molecule has 0 spiro atoms. The van der Waals surface area contributed by atoms with E-state index in [1.54, 1.807) is 4.90 Å². The number of carbonyl (C=O) groups is 2. The first-order chi connectivity index (χ1) is 10.7. The first-order valence-electron chi connectivity index (χ1n) is 8.72. The molecule has 132 valence electrons. The maximum absolute atomic E-state index is 11.9. The molecule has 1 saturated carbocycles. The van der Waals surface area contributed by atoms with Gasteiger partial charge in [-0.05, 0) is 52.9 Å². The highest BCUT2D eigenvalue weighted by Crippen LogP contribution is 2.21. The Bertz CT molecular complexity index is 433. The fourth-order valence-electron chi connectivity index (χ4n) is 3.43. The Labute approximate surface area is 139 Å². The van der Waals surface area contributed by atoms with E-state index < -0.39 is 5.60 Å². The van der Waals surface area contributed by atoms with Crippen LogP contribution in [0.3, 0.4) is 0 Å². The van der Waals surface area contributed by atoms with Crippen molar-refractivity contribution in [2.45, 2.75) is 83.0 Å². The van der Waals surface area contributed by atoms with E-state index in [1.165, 1.54) is 0 Å². The Hall–Kier alpha value is -1.30. The van der Waals surface area contributed by atoms with Crippen molar-refractivity contribution in [2.24, 2.45) is 0 Å². The average Bonchev–Trinajstić information content (AvgIpc) is 2.41. The molecule has 2 rings (SSSR count). The highest BCUT2D eigenvalue weighted by Gasteiger charge is 2.29. The van der Waals surface area contributed by atoms with Gasteiger partial charge in [-0.2, -0.15) is 0 Å². The number of rotatable bonds is 3. The summed E-state index contributed by atoms with van der Waals surface area (Å²) in [5.41, 5.74) is -0.463. The molecule has 0 radical (unpaired) electrons. The van der Waals surface area contributed by atoms with Crippen molar-refractivity contribution in [3.63, 3.8) is 0 Å². The number of alkyl carbamates (subject to hydrolysis) is 1. The normalized spacial score (nSPS) is 29.3. The molecule has 0 bridgehead atoms. The second-order valence-corrected chi connectivity index (χ2v) is 7.88. The van der Waals surface area contributed by atoms with Crippen molar-refractivity contribution in [2.75, 3.05) is 13.6 Å². The molecule has 6 heteroatoms. The van der Waals surface area contributed by atoms with Crippen LogP contribution in [-0.2, 0) is 9.53 Å². The molecule has 2 fully saturated rings. The Kier molecular flexibility index (Phi) is 5.89. The lowest BCUT2D eigenvalue weighted by molar-refractivity contribution is -0.132. The van der Waals surface area contributed by atoms with E-state index in [0.717, 1.165) is 38.6 Å². The number of hydrogen-bond donors (Lipinski definition) is 2. The van der Waals surface area contributed by atoms with Crippen molar-refractivity contribution < 1.29 is 14.3 Å². The molecule has 1 aliphatic carbocycles. The maximum Gasteiger partial charge on any atom is 0.407 e. The molecule has 0 aromatic heterocycles. The van der Waals surface area contributed by atoms with E-state index in [2.05, 4.69) is 10.6 Å². The van der Waals surface area contributed by atoms with Crippen molar-refractivity contribution >= 4 is 12.0 Å². The van der Waals surface area contributed by atoms with Crippen LogP contribution in [-0.4, -0.2) is 54.2 Å². The number of likely N-dealkylation sites (tertiary alicyclic amines) is 1. The van der Waals surface area contributed by atoms with E-state index in [1.807, 2.05) is 27.8 Å². The van der Waals surface area contributed by atoms with Gasteiger partial charge in [-0.3, -0.25) is 4.79 Å². The van der Waals surface area contributed by atoms with E-state index in [0.29, 0.717) is 18.5 Å². The van der Waals surface area contributed by atoms with Gasteiger partial charge in [-0.15, -0.1) is 0 Å². The molecular formula is C17H31N3O3. The zero-order valence-electron chi connectivity index (χ0n) is 14.9. The zero-order chi connectivity index (χ0) is 17.0. The molecule has 0 aromatic carbocycles. The first kappa shape index (κ1) is 18.0. The van der Waals surface area contributed by atoms with Gasteiger partial charge >= 0.3 is 6.09 Å². The van der Waals surface area contributed by atoms with Gasteiger partial charge in [-0.1, -0.05) is 0 Å². The Balaban J connectivity index is 1.77. The lowest BCUT2D eigenvalue weighted by Gasteiger charge is -2.36. The smallest absolute Gasteiger partial charge is 0.407 e. The van der Waals surface area contributed by atoms with Gasteiger partial charge in [0.15, 0.2) is 0 Å². The van der Waals surface area contributed by atoms with Crippen LogP contribution in [0.2, 0.25) is 0 Å². The van der Waals surface area contributed by atoms with E-state index in [9.17, 15) is 9.59 Å². The SMILES string of the molecule is CN1CC(NC2CCCC(NC(=O)OC(C)(C)C)C2)CCC1=O. The van der Waals surface area contributed by atoms with Crippen molar-refractivity contribution in [1.29, 1.82) is 0 Å². The minimum absolute atomic E-state index is 0.166. The average molecular weight is 325 g/mol. The number of nitrogens with one attached hydrogen (secondary N) is 2. The number of piperidine rings is 1. The predicted octanol–water partition coefficient (Wildman–Crippen LogP) is 2.03. The van der Waals surface area contributed by atoms with Gasteiger partial charge in [0.05, 0.1) is 0 Å². The molecule has 2 aliphatic rings. The molecule has 6 nitrogen and oxygen atoms in total. The Morgan fingerprint density at radius 1 is 1.17 bits per heavy atom. The fourth-order valence-corrected chi connectivity index (χ4v) is 3.43. The minimum Gasteiger partial charge on any atom is -0.444 e. The third-order valence-electron chi connectivity index (χ3n) is 4.49. The number of amides is 2. The van der Waals surface area contributed by atoms with Gasteiger partial charge in [-0.25, -0.2) is 4.79 Å². The molecule has 1 aliphatic heterocycles. The number of likely N-dealkylation sites (N-methyl/N-ethyl adjacent to an activating group) is 1. The number of carbonyl (C=O) groups excluding carboxylic acids is 2. The number of ether oxygens (including phenoxy) is 1. The van der Waals surface area contributed by atoms with Crippen LogP contribution in [0, 0.1) is 0 Å². The monoisotopic (exact) mass is 325 g/mol. The molecule has 2 amide bonds. The van der Waals surface area contributed by atoms with Crippen LogP contribution in [0.4, 0.5) is 4.79 Å². The van der Waals surface area contributed by atoms with Crippen LogP contribution in [0.15, 0.2) is 0 Å². The maximum atomic E-state index is 11.9. The standard InChI is InChI=1S/C17H31N3O3/c1-17(2,3)23-16(22)19-13-7-5-6-12(10-13)18-14-8-9-15(21)20(4)11-14/h12-14,18H,5-11H2,1-4H3,(H,19,22). The lowest BCUT2D eigenvalue weighted by Crippen LogP contribution is -2.52. The van der Waals surface area contributed by atoms with E-state index >= 15 is 0 Å². The molecule has 2 N–H and O–H groups in total. The lowest BCUT2D eigenvalue weighted by atomic mass is 9.90. The van der Waals surface area contributed by atoms with E-state index in [4.69, 9.17) is 4.74 Å². The molecule has 1 heterocycles. The molecule has 23 heavy (non-hydrogen) atoms. The largest absolute Gasteiger partial charge is 0.444 e. The second-order valence-electron chi connectivity index (χ2n) is 7.88. The van der Waals surface area contributed by atoms with Gasteiger partial charge in [0, 0.05) is 38.1 Å². The Morgan fingerprint density at radius 3 is 2.52 bits per heavy atom. The highest BCUT2D eigenvalue weighted by atomic mass is 16.6. The number of hydrogen-bond acceptors (Lipinski definition) is 4. The van der Waals surface area contributed by atoms with Crippen LogP contribution in [0.25, 0.3) is 0 Å². The third-order valence-corrected chi connectivity index (χ3v) is 4.49. The van der Waals surface area contributed by atoms with Gasteiger partial charge in [0.25, 0.3) is 0 Å². The second kappa shape index (κ2) is 7.51. The summed E-state index contributed by atoms with van der Waals surface area (Å²) in [6.07, 6.45) is 5.35. The molecule has 0 aromatic rings. The molecule has 3 unspecified atom stereocenters. The van der Waals surface area contributed by atoms with Crippen molar-refractivity contribution in [3.05, 3.63) is 0 Å². The quantitative estimate of drug-likeness (QED) is 0.833. The van der Waals surface area contributed by atoms with Gasteiger partial charge < -0.3 is 20.3 Å². The Morgan fingerprint density at radius 2 is 1.87 bits per heavy atom. The van der Waals surface area contributed by atoms with Crippen molar-refractivity contribution in [1.82, 2.24) is 15.5 Å². The van der Waals surface area contributed by atoms with Crippen LogP contribution in [0.5, 0.6) is 0 Å². The third kappa shape index (κ3) is 6.01. The first-order valence-corrected chi connectivity index (χ1v) is 8.72. The summed E-state index contributed by atoms with van der Waals surface area (Å²) in [4.78, 5) is 25.3.